The molecular formula is C30H45BClN5O6. The smallest absolute Gasteiger partial charge is 0.404 e. The van der Waals surface area contributed by atoms with Crippen molar-refractivity contribution in [3.63, 3.8) is 0 Å². The summed E-state index contributed by atoms with van der Waals surface area (Å²) >= 11 is 6.28. The second-order valence-corrected chi connectivity index (χ2v) is 14.0. The fourth-order valence-electron chi connectivity index (χ4n) is 7.31. The topological polar surface area (TPSA) is 158 Å². The molecule has 1 amide bonds. The Balaban J connectivity index is 1.46. The van der Waals surface area contributed by atoms with E-state index < -0.39 is 23.7 Å². The van der Waals surface area contributed by atoms with Crippen molar-refractivity contribution in [3.8, 4) is 0 Å². The Bertz CT molecular complexity index is 1230. The number of carbonyl (C=O) groups excluding carboxylic acids is 2. The summed E-state index contributed by atoms with van der Waals surface area (Å²) in [5, 5.41) is 13.5. The second kappa shape index (κ2) is 13.5. The zero-order chi connectivity index (χ0) is 31.5. The van der Waals surface area contributed by atoms with Crippen LogP contribution in [0.3, 0.4) is 0 Å². The third-order valence-corrected chi connectivity index (χ3v) is 10.1. The molecule has 0 aromatic heterocycles. The SMILES string of the molecule is CC(C)C[C@H](NC(=O)[C@H](CCCN=C(N)N[N+](=O)[O-])CC(=O)Cc1ccccc1Cl)B1O[C@@H]2C[C@@H]3C[C@@H](C3(C)C)[C@]2(C)O1. The number of ketones is 1. The molecule has 1 aromatic rings. The van der Waals surface area contributed by atoms with Gasteiger partial charge in [0, 0.05) is 30.3 Å². The molecule has 2 bridgehead atoms. The van der Waals surface area contributed by atoms with Gasteiger partial charge < -0.3 is 20.4 Å². The maximum Gasteiger partial charge on any atom is 0.481 e. The fourth-order valence-corrected chi connectivity index (χ4v) is 7.51. The summed E-state index contributed by atoms with van der Waals surface area (Å²) in [4.78, 5) is 41.5. The van der Waals surface area contributed by atoms with Crippen LogP contribution in [-0.2, 0) is 25.3 Å². The highest BCUT2D eigenvalue weighted by Gasteiger charge is 2.68. The van der Waals surface area contributed by atoms with Crippen molar-refractivity contribution < 1.29 is 23.9 Å². The van der Waals surface area contributed by atoms with E-state index in [2.05, 4.69) is 44.9 Å². The average Bonchev–Trinajstić information content (AvgIpc) is 3.27. The van der Waals surface area contributed by atoms with Gasteiger partial charge in [0.15, 0.2) is 5.03 Å². The Morgan fingerprint density at radius 3 is 2.63 bits per heavy atom. The third kappa shape index (κ3) is 7.70. The van der Waals surface area contributed by atoms with E-state index >= 15 is 0 Å². The van der Waals surface area contributed by atoms with Crippen LogP contribution < -0.4 is 16.5 Å². The van der Waals surface area contributed by atoms with E-state index in [0.29, 0.717) is 41.7 Å². The van der Waals surface area contributed by atoms with E-state index in [9.17, 15) is 19.7 Å². The highest BCUT2D eigenvalue weighted by atomic mass is 35.5. The number of rotatable bonds is 14. The highest BCUT2D eigenvalue weighted by molar-refractivity contribution is 6.47. The lowest BCUT2D eigenvalue weighted by atomic mass is 9.43. The van der Waals surface area contributed by atoms with Gasteiger partial charge in [-0.1, -0.05) is 62.9 Å². The predicted octanol–water partition coefficient (Wildman–Crippen LogP) is 4.13. The van der Waals surface area contributed by atoms with Crippen LogP contribution in [0.15, 0.2) is 29.3 Å². The molecule has 4 aliphatic rings. The number of guanidine groups is 1. The molecule has 1 aromatic carbocycles. The lowest BCUT2D eigenvalue weighted by Gasteiger charge is -2.64. The first-order chi connectivity index (χ1) is 20.2. The number of aliphatic imine (C=N–C) groups is 1. The zero-order valence-corrected chi connectivity index (χ0v) is 26.6. The summed E-state index contributed by atoms with van der Waals surface area (Å²) in [5.74, 6) is -0.422. The normalized spacial score (nSPS) is 27.2. The van der Waals surface area contributed by atoms with Gasteiger partial charge in [-0.3, -0.25) is 9.59 Å². The van der Waals surface area contributed by atoms with Gasteiger partial charge in [-0.25, -0.2) is 15.1 Å². The number of amides is 1. The molecule has 13 heteroatoms. The van der Waals surface area contributed by atoms with Crippen molar-refractivity contribution in [2.24, 2.45) is 39.8 Å². The van der Waals surface area contributed by atoms with Crippen molar-refractivity contribution in [3.05, 3.63) is 45.0 Å². The minimum absolute atomic E-state index is 0.00932. The number of hydrogen-bond acceptors (Lipinski definition) is 7. The van der Waals surface area contributed by atoms with Gasteiger partial charge in [0.1, 0.15) is 5.78 Å². The number of nitro groups is 1. The van der Waals surface area contributed by atoms with E-state index in [0.717, 1.165) is 12.8 Å². The monoisotopic (exact) mass is 617 g/mol. The molecule has 236 valence electrons. The number of nitrogens with zero attached hydrogens (tertiary/aromatic N) is 2. The first-order valence-corrected chi connectivity index (χ1v) is 15.7. The quantitative estimate of drug-likeness (QED) is 0.0702. The molecule has 0 spiro atoms. The summed E-state index contributed by atoms with van der Waals surface area (Å²) in [5.41, 5.74) is 7.84. The Labute approximate surface area is 259 Å². The van der Waals surface area contributed by atoms with Crippen LogP contribution in [0, 0.1) is 39.2 Å². The molecule has 3 saturated carbocycles. The maximum atomic E-state index is 13.8. The molecule has 0 radical (unpaired) electrons. The standard InChI is InChI=1S/C30H45BClN5O6/c1-18(2)13-26(31-42-25-17-21-16-24(29(21,3)4)30(25,5)43-31)35-27(39)20(10-8-12-34-28(33)36-37(40)41)15-22(38)14-19-9-6-7-11-23(19)32/h6-7,9,11,18,20-21,24-26H,8,10,12-17H2,1-5H3,(H,35,39)(H3,33,34,36)/t20-,21+,24+,25-,26+,30+/m1/s1. The van der Waals surface area contributed by atoms with Crippen LogP contribution in [0.1, 0.15) is 78.7 Å². The number of hydrazine groups is 1. The summed E-state index contributed by atoms with van der Waals surface area (Å²) in [6, 6.07) is 7.15. The van der Waals surface area contributed by atoms with E-state index in [-0.39, 0.29) is 60.4 Å². The molecule has 4 N–H and O–H groups in total. The first-order valence-electron chi connectivity index (χ1n) is 15.3. The van der Waals surface area contributed by atoms with Crippen LogP contribution in [0.25, 0.3) is 0 Å². The Kier molecular flexibility index (Phi) is 10.4. The largest absolute Gasteiger partial charge is 0.481 e. The number of halogens is 1. The van der Waals surface area contributed by atoms with E-state index in [1.807, 2.05) is 6.07 Å². The maximum absolute atomic E-state index is 13.8. The van der Waals surface area contributed by atoms with Gasteiger partial charge >= 0.3 is 7.12 Å². The Hall–Kier alpha value is -2.70. The first kappa shape index (κ1) is 33.2. The molecule has 1 saturated heterocycles. The van der Waals surface area contributed by atoms with Crippen molar-refractivity contribution >= 4 is 36.4 Å². The second-order valence-electron chi connectivity index (χ2n) is 13.6. The zero-order valence-electron chi connectivity index (χ0n) is 25.8. The van der Waals surface area contributed by atoms with Gasteiger partial charge in [-0.15, -0.1) is 0 Å². The molecule has 1 aliphatic heterocycles. The van der Waals surface area contributed by atoms with Crippen LogP contribution in [0.4, 0.5) is 0 Å². The number of Topliss-reactive ketones (excluding diaryl/α,β-unsaturated/α-hetero) is 1. The van der Waals surface area contributed by atoms with Gasteiger partial charge in [0.2, 0.25) is 5.91 Å². The van der Waals surface area contributed by atoms with Crippen molar-refractivity contribution in [2.45, 2.75) is 97.2 Å². The number of nitrogens with two attached hydrogens (primary N) is 1. The lowest BCUT2D eigenvalue weighted by molar-refractivity contribution is -0.525. The minimum Gasteiger partial charge on any atom is -0.404 e. The lowest BCUT2D eigenvalue weighted by Crippen LogP contribution is -2.65. The molecule has 5 rings (SSSR count). The van der Waals surface area contributed by atoms with E-state index in [4.69, 9.17) is 26.6 Å². The summed E-state index contributed by atoms with van der Waals surface area (Å²) in [6.07, 6.45) is 3.61. The number of benzene rings is 1. The summed E-state index contributed by atoms with van der Waals surface area (Å²) in [7, 11) is -0.575. The molecule has 3 aliphatic carbocycles. The van der Waals surface area contributed by atoms with Crippen LogP contribution in [0.2, 0.25) is 5.02 Å². The summed E-state index contributed by atoms with van der Waals surface area (Å²) in [6.45, 7) is 11.1. The number of hydrogen-bond donors (Lipinski definition) is 3. The summed E-state index contributed by atoms with van der Waals surface area (Å²) < 4.78 is 13.2. The number of carbonyl (C=O) groups is 2. The molecule has 4 fully saturated rings. The van der Waals surface area contributed by atoms with Crippen molar-refractivity contribution in [2.75, 3.05) is 6.54 Å². The van der Waals surface area contributed by atoms with Gasteiger partial charge in [-0.05, 0) is 73.8 Å². The van der Waals surface area contributed by atoms with Gasteiger partial charge in [0.25, 0.3) is 5.96 Å². The predicted molar refractivity (Wildman–Crippen MR) is 166 cm³/mol. The van der Waals surface area contributed by atoms with Crippen LogP contribution >= 0.6 is 11.6 Å². The molecule has 11 nitrogen and oxygen atoms in total. The van der Waals surface area contributed by atoms with Gasteiger partial charge in [0.05, 0.1) is 17.6 Å². The van der Waals surface area contributed by atoms with E-state index in [1.54, 1.807) is 23.6 Å². The molecule has 1 heterocycles. The highest BCUT2D eigenvalue weighted by Crippen LogP contribution is 2.65. The third-order valence-electron chi connectivity index (χ3n) is 9.74. The Morgan fingerprint density at radius 2 is 1.98 bits per heavy atom. The molecule has 0 unspecified atom stereocenters. The minimum atomic E-state index is -0.786. The molecule has 43 heavy (non-hydrogen) atoms. The average molecular weight is 618 g/mol. The Morgan fingerprint density at radius 1 is 1.26 bits per heavy atom. The van der Waals surface area contributed by atoms with Crippen molar-refractivity contribution in [1.82, 2.24) is 10.7 Å². The molecular weight excluding hydrogens is 573 g/mol. The van der Waals surface area contributed by atoms with Crippen molar-refractivity contribution in [1.29, 1.82) is 0 Å². The van der Waals surface area contributed by atoms with Gasteiger partial charge in [-0.2, -0.15) is 0 Å². The fraction of sp³-hybridized carbons (Fsp3) is 0.700. The van der Waals surface area contributed by atoms with E-state index in [1.165, 1.54) is 0 Å². The van der Waals surface area contributed by atoms with Crippen LogP contribution in [0.5, 0.6) is 0 Å². The number of nitrogens with one attached hydrogen (secondary N) is 2. The molecule has 6 atom stereocenters. The van der Waals surface area contributed by atoms with Crippen LogP contribution in [-0.4, -0.2) is 54.0 Å².